The van der Waals surface area contributed by atoms with E-state index in [0.29, 0.717) is 61.0 Å². The Labute approximate surface area is 405 Å². The van der Waals surface area contributed by atoms with E-state index in [1.807, 2.05) is 62.3 Å². The molecule has 0 aromatic heterocycles. The average Bonchev–Trinajstić information content (AvgIpc) is 3.44. The lowest BCUT2D eigenvalue weighted by molar-refractivity contribution is -0.213. The third kappa shape index (κ3) is 8.71. The van der Waals surface area contributed by atoms with Crippen molar-refractivity contribution in [2.45, 2.75) is 227 Å². The zero-order chi connectivity index (χ0) is 50.4. The number of ketones is 4. The normalized spacial score (nSPS) is 37.6. The van der Waals surface area contributed by atoms with Crippen molar-refractivity contribution in [2.75, 3.05) is 0 Å². The molecule has 4 aliphatic heterocycles. The van der Waals surface area contributed by atoms with Gasteiger partial charge in [-0.25, -0.2) is 0 Å². The van der Waals surface area contributed by atoms with Gasteiger partial charge in [-0.3, -0.25) is 19.2 Å². The van der Waals surface area contributed by atoms with Crippen LogP contribution in [0.4, 0.5) is 0 Å². The number of carbonyl (C=O) groups excluding carboxylic acids is 4. The molecular formula is C56H82O12. The maximum Gasteiger partial charge on any atom is 0.224 e. The second-order valence-corrected chi connectivity index (χ2v) is 24.1. The molecule has 2 saturated carbocycles. The number of benzene rings is 1. The van der Waals surface area contributed by atoms with Crippen LogP contribution in [0.15, 0.2) is 29.0 Å². The Kier molecular flexibility index (Phi) is 14.0. The lowest BCUT2D eigenvalue weighted by atomic mass is 9.55. The van der Waals surface area contributed by atoms with E-state index in [1.165, 1.54) is 6.08 Å². The van der Waals surface area contributed by atoms with Gasteiger partial charge in [-0.2, -0.15) is 0 Å². The smallest absolute Gasteiger partial charge is 0.224 e. The minimum atomic E-state index is -0.637. The number of aromatic hydroxyl groups is 2. The van der Waals surface area contributed by atoms with Crippen LogP contribution in [0.25, 0.3) is 0 Å². The molecule has 12 nitrogen and oxygen atoms in total. The van der Waals surface area contributed by atoms with Gasteiger partial charge in [-0.05, 0) is 131 Å². The van der Waals surface area contributed by atoms with Crippen LogP contribution in [0.5, 0.6) is 17.2 Å². The quantitative estimate of drug-likeness (QED) is 0.143. The predicted octanol–water partition coefficient (Wildman–Crippen LogP) is 9.73. The fraction of sp³-hybridized carbons (Fsp3) is 0.750. The second kappa shape index (κ2) is 18.2. The molecule has 2 saturated heterocycles. The summed E-state index contributed by atoms with van der Waals surface area (Å²) < 4.78 is 26.1. The van der Waals surface area contributed by atoms with Gasteiger partial charge in [0.2, 0.25) is 5.78 Å². The fourth-order valence-corrected chi connectivity index (χ4v) is 13.4. The van der Waals surface area contributed by atoms with Gasteiger partial charge in [0, 0.05) is 68.6 Å². The van der Waals surface area contributed by atoms with Gasteiger partial charge >= 0.3 is 0 Å². The summed E-state index contributed by atoms with van der Waals surface area (Å²) in [6.07, 6.45) is 8.42. The number of hydrogen-bond donors (Lipinski definition) is 4. The molecule has 0 amide bonds. The number of phenols is 2. The minimum absolute atomic E-state index is 0.0222. The number of aliphatic hydroxyl groups is 2. The predicted molar refractivity (Wildman–Crippen MR) is 258 cm³/mol. The zero-order valence-electron chi connectivity index (χ0n) is 43.5. The van der Waals surface area contributed by atoms with Gasteiger partial charge in [0.05, 0.1) is 35.6 Å². The van der Waals surface area contributed by atoms with Crippen LogP contribution in [0.1, 0.15) is 185 Å². The highest BCUT2D eigenvalue weighted by atomic mass is 16.5. The van der Waals surface area contributed by atoms with Gasteiger partial charge in [-0.1, -0.05) is 55.4 Å². The van der Waals surface area contributed by atoms with Crippen LogP contribution in [-0.4, -0.2) is 90.4 Å². The standard InChI is InChI=1S/C28H42O6.C28H40O6/c2*1-8-15(2)23(31)16(3)17-13-19(29)18-14-20-27(6)11-9-21(30)26(4,5)33-22(27)10-12-28(20,7)34-25(18)24(17)32/h13,15-16,20-22,29-30,32H,8-12,14H2,1-7H3;13,15-16,20-22,30H,8-12,14H2,1-7H3/t2*15-,16+,20-,21+,22-,27-,28+/m11/s1. The van der Waals surface area contributed by atoms with Crippen LogP contribution >= 0.6 is 0 Å². The van der Waals surface area contributed by atoms with Crippen LogP contribution < -0.4 is 4.74 Å². The summed E-state index contributed by atoms with van der Waals surface area (Å²) in [6.45, 7) is 27.5. The molecule has 3 aliphatic carbocycles. The Hall–Kier alpha value is -3.58. The molecule has 14 atom stereocenters. The molecule has 4 heterocycles. The van der Waals surface area contributed by atoms with Crippen molar-refractivity contribution in [3.8, 4) is 17.2 Å². The maximum absolute atomic E-state index is 13.5. The van der Waals surface area contributed by atoms with Crippen molar-refractivity contribution in [1.82, 2.24) is 0 Å². The Balaban J connectivity index is 0.000000201. The summed E-state index contributed by atoms with van der Waals surface area (Å²) in [5, 5.41) is 43.7. The molecule has 0 radical (unpaired) electrons. The molecule has 4 N–H and O–H groups in total. The van der Waals surface area contributed by atoms with Crippen LogP contribution in [-0.2, 0) is 39.8 Å². The first kappa shape index (κ1) is 52.2. The number of Topliss-reactive ketones (excluding diaryl/α,β-unsaturated/α-hetero) is 3. The Bertz CT molecular complexity index is 2260. The van der Waals surface area contributed by atoms with Crippen molar-refractivity contribution in [1.29, 1.82) is 0 Å². The van der Waals surface area contributed by atoms with Gasteiger partial charge in [0.15, 0.2) is 23.0 Å². The molecule has 68 heavy (non-hydrogen) atoms. The third-order valence-corrected chi connectivity index (χ3v) is 18.9. The van der Waals surface area contributed by atoms with E-state index in [9.17, 15) is 39.6 Å². The molecule has 0 unspecified atom stereocenters. The number of aliphatic hydroxyl groups excluding tert-OH is 2. The first-order valence-electron chi connectivity index (χ1n) is 25.8. The first-order chi connectivity index (χ1) is 31.5. The molecule has 4 fully saturated rings. The largest absolute Gasteiger partial charge is 0.508 e. The average molecular weight is 947 g/mol. The van der Waals surface area contributed by atoms with Crippen molar-refractivity contribution in [3.05, 3.63) is 40.2 Å². The van der Waals surface area contributed by atoms with E-state index in [2.05, 4.69) is 20.8 Å². The topological polar surface area (TPSA) is 186 Å². The summed E-state index contributed by atoms with van der Waals surface area (Å²) in [5.41, 5.74) is -1.27. The number of phenolic OH excluding ortho intramolecular Hbond substituents is 2. The monoisotopic (exact) mass is 947 g/mol. The van der Waals surface area contributed by atoms with E-state index in [0.717, 1.165) is 38.5 Å². The van der Waals surface area contributed by atoms with Crippen LogP contribution in [0.3, 0.4) is 0 Å². The summed E-state index contributed by atoms with van der Waals surface area (Å²) >= 11 is 0. The maximum atomic E-state index is 13.5. The lowest BCUT2D eigenvalue weighted by Gasteiger charge is -2.57. The first-order valence-corrected chi connectivity index (χ1v) is 25.8. The second-order valence-electron chi connectivity index (χ2n) is 24.1. The van der Waals surface area contributed by atoms with E-state index in [-0.39, 0.29) is 92.7 Å². The highest BCUT2D eigenvalue weighted by Gasteiger charge is 2.62. The summed E-state index contributed by atoms with van der Waals surface area (Å²) in [7, 11) is 0. The Morgan fingerprint density at radius 1 is 0.676 bits per heavy atom. The van der Waals surface area contributed by atoms with Gasteiger partial charge < -0.3 is 39.4 Å². The Morgan fingerprint density at radius 2 is 1.15 bits per heavy atom. The number of ether oxygens (including phenoxy) is 4. The van der Waals surface area contributed by atoms with E-state index in [1.54, 1.807) is 19.9 Å². The lowest BCUT2D eigenvalue weighted by Crippen LogP contribution is -2.60. The third-order valence-electron chi connectivity index (χ3n) is 18.9. The summed E-state index contributed by atoms with van der Waals surface area (Å²) in [4.78, 5) is 52.4. The molecule has 0 spiro atoms. The van der Waals surface area contributed by atoms with Crippen LogP contribution in [0, 0.1) is 40.4 Å². The van der Waals surface area contributed by atoms with Crippen molar-refractivity contribution < 1.29 is 58.6 Å². The molecule has 8 rings (SSSR count). The molecular weight excluding hydrogens is 865 g/mol. The fourth-order valence-electron chi connectivity index (χ4n) is 13.4. The van der Waals surface area contributed by atoms with E-state index < -0.39 is 46.4 Å². The highest BCUT2D eigenvalue weighted by molar-refractivity contribution is 6.23. The van der Waals surface area contributed by atoms with Crippen molar-refractivity contribution in [3.63, 3.8) is 0 Å². The van der Waals surface area contributed by atoms with Gasteiger partial charge in [-0.15, -0.1) is 0 Å². The van der Waals surface area contributed by atoms with Crippen LogP contribution in [0.2, 0.25) is 0 Å². The molecule has 378 valence electrons. The molecule has 1 aromatic carbocycles. The summed E-state index contributed by atoms with van der Waals surface area (Å²) in [5.74, 6) is -1.49. The van der Waals surface area contributed by atoms with Gasteiger partial charge in [0.25, 0.3) is 0 Å². The highest BCUT2D eigenvalue weighted by Crippen LogP contribution is 2.62. The molecule has 1 aromatic rings. The molecule has 7 aliphatic rings. The number of allylic oxidation sites excluding steroid dienone is 3. The van der Waals surface area contributed by atoms with Crippen molar-refractivity contribution in [2.24, 2.45) is 40.4 Å². The minimum Gasteiger partial charge on any atom is -0.508 e. The van der Waals surface area contributed by atoms with Gasteiger partial charge in [0.1, 0.15) is 28.5 Å². The number of carbonyl (C=O) groups is 4. The zero-order valence-corrected chi connectivity index (χ0v) is 43.5. The molecule has 12 heteroatoms. The van der Waals surface area contributed by atoms with E-state index in [4.69, 9.17) is 18.9 Å². The molecule has 0 bridgehead atoms. The Morgan fingerprint density at radius 3 is 1.65 bits per heavy atom. The number of hydrogen-bond acceptors (Lipinski definition) is 12. The SMILES string of the molecule is CC[C@@H](C)C(=O)[C@@H](C)C1=CC(=O)C2=C(O[C@@]3(C)CC[C@H]4OC(C)(C)[C@@H](O)CC[C@]4(C)[C@H]3C2)C1=O.CC[C@@H](C)C(=O)[C@@H](C)c1cc(O)c2c(c1O)O[C@@]1(C)CC[C@H]3OC(C)(C)[C@@H](O)CC[C@]3(C)[C@H]1C2. The summed E-state index contributed by atoms with van der Waals surface area (Å²) in [6, 6.07) is 1.55. The van der Waals surface area contributed by atoms with E-state index >= 15 is 0 Å². The number of fused-ring (bicyclic) bond motifs is 7. The number of rotatable bonds is 8. The van der Waals surface area contributed by atoms with Crippen molar-refractivity contribution >= 4 is 23.1 Å².